The van der Waals surface area contributed by atoms with Gasteiger partial charge in [0.25, 0.3) is 0 Å². The largest absolute Gasteiger partial charge is 0.380 e. The highest BCUT2D eigenvalue weighted by atomic mass is 32.2. The maximum absolute atomic E-state index is 11.7. The van der Waals surface area contributed by atoms with Gasteiger partial charge in [-0.1, -0.05) is 0 Å². The van der Waals surface area contributed by atoms with Gasteiger partial charge < -0.3 is 4.74 Å². The average molecular weight is 205 g/mol. The summed E-state index contributed by atoms with van der Waals surface area (Å²) < 4.78 is 30.2. The molecule has 1 atom stereocenters. The standard InChI is InChI=1S/C8H15NO3S/c1-12-7-4-5-9(6-7)13(10,11)8-2-3-8/h7-8H,2-6H2,1H3/t7-/m1/s1. The van der Waals surface area contributed by atoms with Gasteiger partial charge in [-0.2, -0.15) is 4.31 Å². The van der Waals surface area contributed by atoms with E-state index in [1.54, 1.807) is 11.4 Å². The van der Waals surface area contributed by atoms with Gasteiger partial charge in [-0.25, -0.2) is 8.42 Å². The second-order valence-corrected chi connectivity index (χ2v) is 5.96. The predicted molar refractivity (Wildman–Crippen MR) is 48.9 cm³/mol. The van der Waals surface area contributed by atoms with Crippen LogP contribution in [0.4, 0.5) is 0 Å². The molecule has 1 saturated heterocycles. The van der Waals surface area contributed by atoms with E-state index in [0.29, 0.717) is 13.1 Å². The molecule has 0 aromatic heterocycles. The Balaban J connectivity index is 2.02. The predicted octanol–water partition coefficient (Wildman–Crippen LogP) is 0.199. The fourth-order valence-corrected chi connectivity index (χ4v) is 3.59. The van der Waals surface area contributed by atoms with Crippen molar-refractivity contribution in [3.63, 3.8) is 0 Å². The first-order chi connectivity index (χ1) is 6.14. The minimum atomic E-state index is -2.96. The van der Waals surface area contributed by atoms with E-state index in [0.717, 1.165) is 19.3 Å². The van der Waals surface area contributed by atoms with E-state index < -0.39 is 10.0 Å². The molecule has 1 aliphatic heterocycles. The molecule has 0 spiro atoms. The first kappa shape index (κ1) is 9.43. The molecular formula is C8H15NO3S. The molecule has 0 aromatic rings. The lowest BCUT2D eigenvalue weighted by molar-refractivity contribution is 0.115. The van der Waals surface area contributed by atoms with Crippen LogP contribution in [0.25, 0.3) is 0 Å². The first-order valence-corrected chi connectivity index (χ1v) is 6.16. The van der Waals surface area contributed by atoms with E-state index in [1.165, 1.54) is 0 Å². The van der Waals surface area contributed by atoms with Gasteiger partial charge >= 0.3 is 0 Å². The zero-order chi connectivity index (χ0) is 9.47. The fourth-order valence-electron chi connectivity index (χ4n) is 1.70. The second kappa shape index (κ2) is 3.22. The van der Waals surface area contributed by atoms with Gasteiger partial charge in [0.05, 0.1) is 11.4 Å². The molecule has 0 N–H and O–H groups in total. The number of sulfonamides is 1. The molecular weight excluding hydrogens is 190 g/mol. The van der Waals surface area contributed by atoms with Crippen LogP contribution in [0.2, 0.25) is 0 Å². The number of ether oxygens (including phenoxy) is 1. The second-order valence-electron chi connectivity index (χ2n) is 3.75. The van der Waals surface area contributed by atoms with Crippen LogP contribution in [-0.4, -0.2) is 44.3 Å². The normalized spacial score (nSPS) is 31.0. The zero-order valence-electron chi connectivity index (χ0n) is 7.77. The Kier molecular flexibility index (Phi) is 2.33. The van der Waals surface area contributed by atoms with Crippen LogP contribution in [0.3, 0.4) is 0 Å². The molecule has 5 heteroatoms. The van der Waals surface area contributed by atoms with Crippen LogP contribution < -0.4 is 0 Å². The highest BCUT2D eigenvalue weighted by molar-refractivity contribution is 7.90. The third-order valence-corrected chi connectivity index (χ3v) is 5.11. The molecule has 2 fully saturated rings. The Labute approximate surface area is 78.9 Å². The molecule has 0 amide bonds. The molecule has 1 saturated carbocycles. The van der Waals surface area contributed by atoms with E-state index in [9.17, 15) is 8.42 Å². The highest BCUT2D eigenvalue weighted by Crippen LogP contribution is 2.32. The third-order valence-electron chi connectivity index (χ3n) is 2.75. The summed E-state index contributed by atoms with van der Waals surface area (Å²) in [5.74, 6) is 0. The summed E-state index contributed by atoms with van der Waals surface area (Å²) in [5.41, 5.74) is 0. The van der Waals surface area contributed by atoms with Gasteiger partial charge in [-0.15, -0.1) is 0 Å². The lowest BCUT2D eigenvalue weighted by Gasteiger charge is -2.15. The van der Waals surface area contributed by atoms with Crippen molar-refractivity contribution in [1.82, 2.24) is 4.31 Å². The molecule has 4 nitrogen and oxygen atoms in total. The van der Waals surface area contributed by atoms with Crippen molar-refractivity contribution in [3.8, 4) is 0 Å². The van der Waals surface area contributed by atoms with Crippen LogP contribution in [0.1, 0.15) is 19.3 Å². The Morgan fingerprint density at radius 3 is 2.46 bits per heavy atom. The van der Waals surface area contributed by atoms with E-state index in [-0.39, 0.29) is 11.4 Å². The third kappa shape index (κ3) is 1.73. The summed E-state index contributed by atoms with van der Waals surface area (Å²) in [5, 5.41) is -0.0805. The van der Waals surface area contributed by atoms with Crippen LogP contribution in [0, 0.1) is 0 Å². The molecule has 0 aromatic carbocycles. The van der Waals surface area contributed by atoms with Crippen molar-refractivity contribution in [3.05, 3.63) is 0 Å². The van der Waals surface area contributed by atoms with Crippen molar-refractivity contribution >= 4 is 10.0 Å². The van der Waals surface area contributed by atoms with Gasteiger partial charge in [0.1, 0.15) is 0 Å². The molecule has 0 radical (unpaired) electrons. The molecule has 76 valence electrons. The SMILES string of the molecule is CO[C@@H]1CCN(S(=O)(=O)C2CC2)C1. The van der Waals surface area contributed by atoms with Gasteiger partial charge in [0, 0.05) is 20.2 Å². The minimum absolute atomic E-state index is 0.0805. The number of rotatable bonds is 3. The topological polar surface area (TPSA) is 46.6 Å². The van der Waals surface area contributed by atoms with Crippen LogP contribution in [0.15, 0.2) is 0 Å². The monoisotopic (exact) mass is 205 g/mol. The lowest BCUT2D eigenvalue weighted by Crippen LogP contribution is -2.32. The molecule has 0 bridgehead atoms. The zero-order valence-corrected chi connectivity index (χ0v) is 8.59. The fraction of sp³-hybridized carbons (Fsp3) is 1.00. The highest BCUT2D eigenvalue weighted by Gasteiger charge is 2.42. The Hall–Kier alpha value is -0.130. The number of hydrogen-bond donors (Lipinski definition) is 0. The minimum Gasteiger partial charge on any atom is -0.380 e. The molecule has 13 heavy (non-hydrogen) atoms. The summed E-state index contributed by atoms with van der Waals surface area (Å²) in [4.78, 5) is 0. The summed E-state index contributed by atoms with van der Waals surface area (Å²) in [6.07, 6.45) is 2.63. The summed E-state index contributed by atoms with van der Waals surface area (Å²) in [6, 6.07) is 0. The number of methoxy groups -OCH3 is 1. The number of hydrogen-bond acceptors (Lipinski definition) is 3. The van der Waals surface area contributed by atoms with Crippen LogP contribution in [0.5, 0.6) is 0 Å². The molecule has 0 unspecified atom stereocenters. The lowest BCUT2D eigenvalue weighted by atomic mass is 10.3. The smallest absolute Gasteiger partial charge is 0.217 e. The maximum Gasteiger partial charge on any atom is 0.217 e. The van der Waals surface area contributed by atoms with Crippen molar-refractivity contribution in [1.29, 1.82) is 0 Å². The van der Waals surface area contributed by atoms with E-state index in [4.69, 9.17) is 4.74 Å². The Morgan fingerprint density at radius 2 is 2.00 bits per heavy atom. The quantitative estimate of drug-likeness (QED) is 0.661. The van der Waals surface area contributed by atoms with E-state index >= 15 is 0 Å². The van der Waals surface area contributed by atoms with Crippen LogP contribution >= 0.6 is 0 Å². The summed E-state index contributed by atoms with van der Waals surface area (Å²) in [6.45, 7) is 1.19. The van der Waals surface area contributed by atoms with Crippen LogP contribution in [-0.2, 0) is 14.8 Å². The molecule has 2 aliphatic rings. The maximum atomic E-state index is 11.7. The molecule has 2 rings (SSSR count). The molecule has 1 heterocycles. The van der Waals surface area contributed by atoms with Gasteiger partial charge in [0.2, 0.25) is 10.0 Å². The Morgan fingerprint density at radius 1 is 1.31 bits per heavy atom. The molecule has 1 aliphatic carbocycles. The summed E-state index contributed by atoms with van der Waals surface area (Å²) in [7, 11) is -1.32. The van der Waals surface area contributed by atoms with Gasteiger partial charge in [0.15, 0.2) is 0 Å². The Bertz CT molecular complexity index is 284. The van der Waals surface area contributed by atoms with Crippen molar-refractivity contribution < 1.29 is 13.2 Å². The summed E-state index contributed by atoms with van der Waals surface area (Å²) >= 11 is 0. The average Bonchev–Trinajstić information content (AvgIpc) is 2.84. The first-order valence-electron chi connectivity index (χ1n) is 4.66. The van der Waals surface area contributed by atoms with Crippen molar-refractivity contribution in [2.45, 2.75) is 30.6 Å². The van der Waals surface area contributed by atoms with Crippen molar-refractivity contribution in [2.75, 3.05) is 20.2 Å². The van der Waals surface area contributed by atoms with Gasteiger partial charge in [-0.05, 0) is 19.3 Å². The van der Waals surface area contributed by atoms with E-state index in [2.05, 4.69) is 0 Å². The van der Waals surface area contributed by atoms with Gasteiger partial charge in [-0.3, -0.25) is 0 Å². The van der Waals surface area contributed by atoms with Crippen molar-refractivity contribution in [2.24, 2.45) is 0 Å². The number of nitrogens with zero attached hydrogens (tertiary/aromatic N) is 1. The van der Waals surface area contributed by atoms with E-state index in [1.807, 2.05) is 0 Å².